The quantitative estimate of drug-likeness (QED) is 0.882. The van der Waals surface area contributed by atoms with Gasteiger partial charge in [0.2, 0.25) is 0 Å². The van der Waals surface area contributed by atoms with Crippen molar-refractivity contribution in [2.45, 2.75) is 19.6 Å². The molecule has 0 fully saturated rings. The molecule has 0 saturated carbocycles. The summed E-state index contributed by atoms with van der Waals surface area (Å²) in [4.78, 5) is 16.6. The van der Waals surface area contributed by atoms with Crippen LogP contribution in [0, 0.1) is 0 Å². The number of anilines is 1. The van der Waals surface area contributed by atoms with E-state index in [4.69, 9.17) is 21.1 Å². The highest BCUT2D eigenvalue weighted by Crippen LogP contribution is 2.36. The summed E-state index contributed by atoms with van der Waals surface area (Å²) >= 11 is 6.10. The highest BCUT2D eigenvalue weighted by molar-refractivity contribution is 6.30. The zero-order valence-corrected chi connectivity index (χ0v) is 13.2. The monoisotopic (exact) mass is 320 g/mol. The van der Waals surface area contributed by atoms with Gasteiger partial charge >= 0.3 is 5.97 Å². The second-order valence-corrected chi connectivity index (χ2v) is 5.77. The van der Waals surface area contributed by atoms with E-state index in [0.29, 0.717) is 17.3 Å². The highest BCUT2D eigenvalue weighted by Gasteiger charge is 2.23. The van der Waals surface area contributed by atoms with Crippen molar-refractivity contribution in [3.63, 3.8) is 0 Å². The molecule has 1 aromatic heterocycles. The average Bonchev–Trinajstić information content (AvgIpc) is 2.95. The Kier molecular flexibility index (Phi) is 3.98. The number of ether oxygens (including phenoxy) is 2. The number of nitrogens with zero attached hydrogens (tertiary/aromatic N) is 1. The van der Waals surface area contributed by atoms with E-state index >= 15 is 0 Å². The van der Waals surface area contributed by atoms with Gasteiger partial charge in [0, 0.05) is 17.8 Å². The van der Waals surface area contributed by atoms with E-state index in [0.717, 1.165) is 23.5 Å². The Hall–Kier alpha value is -2.14. The number of carbonyl (C=O) groups is 1. The minimum Gasteiger partial charge on any atom is -0.487 e. The summed E-state index contributed by atoms with van der Waals surface area (Å²) in [6.07, 6.45) is 1.91. The summed E-state index contributed by atoms with van der Waals surface area (Å²) < 4.78 is 10.5. The summed E-state index contributed by atoms with van der Waals surface area (Å²) in [5, 5.41) is 0.672. The third-order valence-corrected chi connectivity index (χ3v) is 3.82. The van der Waals surface area contributed by atoms with Gasteiger partial charge in [-0.05, 0) is 36.8 Å². The van der Waals surface area contributed by atoms with Crippen LogP contribution in [0.25, 0.3) is 0 Å². The Labute approximate surface area is 133 Å². The van der Waals surface area contributed by atoms with Crippen molar-refractivity contribution in [2.24, 2.45) is 0 Å². The van der Waals surface area contributed by atoms with Crippen molar-refractivity contribution in [3.8, 4) is 5.75 Å². The Morgan fingerprint density at radius 1 is 1.50 bits per heavy atom. The van der Waals surface area contributed by atoms with Gasteiger partial charge in [0.15, 0.2) is 0 Å². The first kappa shape index (κ1) is 14.8. The lowest BCUT2D eigenvalue weighted by atomic mass is 10.1. The molecule has 1 atom stereocenters. The van der Waals surface area contributed by atoms with Crippen molar-refractivity contribution in [1.29, 1.82) is 0 Å². The molecule has 0 bridgehead atoms. The maximum absolute atomic E-state index is 11.5. The molecule has 1 unspecified atom stereocenters. The van der Waals surface area contributed by atoms with Crippen LogP contribution in [0.5, 0.6) is 5.75 Å². The zero-order chi connectivity index (χ0) is 15.7. The largest absolute Gasteiger partial charge is 0.487 e. The second-order valence-electron chi connectivity index (χ2n) is 5.33. The number of fused-ring (bicyclic) bond motifs is 1. The molecule has 3 rings (SSSR count). The van der Waals surface area contributed by atoms with Crippen LogP contribution in [-0.2, 0) is 11.3 Å². The molecule has 0 radical (unpaired) electrons. The minimum atomic E-state index is -0.370. The fourth-order valence-corrected chi connectivity index (χ4v) is 2.79. The molecule has 1 N–H and O–H groups in total. The van der Waals surface area contributed by atoms with E-state index in [9.17, 15) is 4.79 Å². The van der Waals surface area contributed by atoms with E-state index in [1.54, 1.807) is 6.07 Å². The molecule has 0 amide bonds. The number of hydrogen-bond acceptors (Lipinski definition) is 4. The lowest BCUT2D eigenvalue weighted by Gasteiger charge is -2.35. The molecule has 1 aliphatic heterocycles. The Morgan fingerprint density at radius 3 is 3.09 bits per heavy atom. The van der Waals surface area contributed by atoms with Crippen LogP contribution in [0.15, 0.2) is 30.5 Å². The topological polar surface area (TPSA) is 54.6 Å². The highest BCUT2D eigenvalue weighted by atomic mass is 35.5. The summed E-state index contributed by atoms with van der Waals surface area (Å²) in [5.74, 6) is 0.455. The predicted molar refractivity (Wildman–Crippen MR) is 84.7 cm³/mol. The van der Waals surface area contributed by atoms with Crippen LogP contribution < -0.4 is 9.64 Å². The molecule has 2 heterocycles. The zero-order valence-electron chi connectivity index (χ0n) is 12.4. The van der Waals surface area contributed by atoms with Crippen LogP contribution >= 0.6 is 11.6 Å². The van der Waals surface area contributed by atoms with E-state index in [2.05, 4.69) is 9.88 Å². The van der Waals surface area contributed by atoms with Gasteiger partial charge in [0.1, 0.15) is 17.5 Å². The first-order valence-electron chi connectivity index (χ1n) is 7.03. The Balaban J connectivity index is 1.85. The predicted octanol–water partition coefficient (Wildman–Crippen LogP) is 3.24. The SMILES string of the molecule is COC(=O)c1cc(CN2CC(C)Oc3ccc(Cl)cc32)c[nH]1. The van der Waals surface area contributed by atoms with Crippen LogP contribution in [0.1, 0.15) is 23.0 Å². The molecular weight excluding hydrogens is 304 g/mol. The normalized spacial score (nSPS) is 16.9. The molecule has 22 heavy (non-hydrogen) atoms. The number of aromatic nitrogens is 1. The molecule has 0 aliphatic carbocycles. The summed E-state index contributed by atoms with van der Waals surface area (Å²) in [5.41, 5.74) is 2.41. The number of H-pyrrole nitrogens is 1. The van der Waals surface area contributed by atoms with Gasteiger partial charge in [-0.1, -0.05) is 11.6 Å². The summed E-state index contributed by atoms with van der Waals surface area (Å²) in [6, 6.07) is 7.41. The maximum Gasteiger partial charge on any atom is 0.354 e. The molecule has 6 heteroatoms. The lowest BCUT2D eigenvalue weighted by Crippen LogP contribution is -2.37. The van der Waals surface area contributed by atoms with Gasteiger partial charge in [-0.15, -0.1) is 0 Å². The van der Waals surface area contributed by atoms with Crippen LogP contribution in [0.3, 0.4) is 0 Å². The maximum atomic E-state index is 11.5. The molecule has 1 aromatic carbocycles. The Morgan fingerprint density at radius 2 is 2.32 bits per heavy atom. The fourth-order valence-electron chi connectivity index (χ4n) is 2.63. The number of hydrogen-bond donors (Lipinski definition) is 1. The number of esters is 1. The molecule has 1 aliphatic rings. The lowest BCUT2D eigenvalue weighted by molar-refractivity contribution is 0.0595. The van der Waals surface area contributed by atoms with Gasteiger partial charge in [0.25, 0.3) is 0 Å². The van der Waals surface area contributed by atoms with Crippen molar-refractivity contribution in [3.05, 3.63) is 46.7 Å². The number of aromatic amines is 1. The van der Waals surface area contributed by atoms with E-state index in [1.807, 2.05) is 31.3 Å². The van der Waals surface area contributed by atoms with Gasteiger partial charge in [-0.25, -0.2) is 4.79 Å². The standard InChI is InChI=1S/C16H17ClN2O3/c1-10-8-19(14-6-12(17)3-4-15(14)22-10)9-11-5-13(18-7-11)16(20)21-2/h3-7,10,18H,8-9H2,1-2H3. The number of carbonyl (C=O) groups excluding carboxylic acids is 1. The van der Waals surface area contributed by atoms with Crippen molar-refractivity contribution in [2.75, 3.05) is 18.6 Å². The molecule has 0 spiro atoms. The summed E-state index contributed by atoms with van der Waals surface area (Å²) in [6.45, 7) is 3.45. The first-order chi connectivity index (χ1) is 10.6. The van der Waals surface area contributed by atoms with Crippen molar-refractivity contribution < 1.29 is 14.3 Å². The van der Waals surface area contributed by atoms with Gasteiger partial charge < -0.3 is 19.4 Å². The molecule has 2 aromatic rings. The van der Waals surface area contributed by atoms with Crippen molar-refractivity contribution in [1.82, 2.24) is 4.98 Å². The van der Waals surface area contributed by atoms with Gasteiger partial charge in [0.05, 0.1) is 19.3 Å². The molecule has 116 valence electrons. The number of nitrogens with one attached hydrogen (secondary N) is 1. The van der Waals surface area contributed by atoms with Gasteiger partial charge in [-0.2, -0.15) is 0 Å². The minimum absolute atomic E-state index is 0.0905. The average molecular weight is 321 g/mol. The smallest absolute Gasteiger partial charge is 0.354 e. The van der Waals surface area contributed by atoms with E-state index in [1.165, 1.54) is 7.11 Å². The molecule has 0 saturated heterocycles. The number of rotatable bonds is 3. The second kappa shape index (κ2) is 5.93. The number of benzene rings is 1. The number of methoxy groups -OCH3 is 1. The third kappa shape index (κ3) is 2.90. The molecular formula is C16H17ClN2O3. The Bertz CT molecular complexity index is 698. The van der Waals surface area contributed by atoms with E-state index in [-0.39, 0.29) is 12.1 Å². The van der Waals surface area contributed by atoms with Gasteiger partial charge in [-0.3, -0.25) is 0 Å². The van der Waals surface area contributed by atoms with Crippen LogP contribution in [0.2, 0.25) is 5.02 Å². The van der Waals surface area contributed by atoms with Crippen LogP contribution in [-0.4, -0.2) is 30.7 Å². The third-order valence-electron chi connectivity index (χ3n) is 3.59. The van der Waals surface area contributed by atoms with Crippen LogP contribution in [0.4, 0.5) is 5.69 Å². The number of halogens is 1. The molecule has 5 nitrogen and oxygen atoms in total. The fraction of sp³-hybridized carbons (Fsp3) is 0.312. The first-order valence-corrected chi connectivity index (χ1v) is 7.41. The van der Waals surface area contributed by atoms with E-state index < -0.39 is 0 Å². The summed E-state index contributed by atoms with van der Waals surface area (Å²) in [7, 11) is 1.37. The van der Waals surface area contributed by atoms with Crippen molar-refractivity contribution >= 4 is 23.3 Å².